The van der Waals surface area contributed by atoms with E-state index in [1.807, 2.05) is 24.3 Å². The lowest BCUT2D eigenvalue weighted by Crippen LogP contribution is -2.54. The molecule has 1 aliphatic heterocycles. The van der Waals surface area contributed by atoms with E-state index in [1.165, 1.54) is 64.2 Å². The molecule has 4 aliphatic carbocycles. The van der Waals surface area contributed by atoms with Crippen LogP contribution in [0, 0.1) is 64.1 Å². The second-order valence-corrected chi connectivity index (χ2v) is 15.2. The third-order valence-electron chi connectivity index (χ3n) is 12.5. The SMILES string of the molecule is CC(C)CCC[C@@H](C)[C@@H]1CC[C@@H]2[C@H]3CC[C@@H]4C[C@]5(C#Cc6ccccc6Cl)O[C@H]5C[C@]4(C)[C@H]3CC[C@@]21C. The van der Waals surface area contributed by atoms with Crippen LogP contribution in [-0.4, -0.2) is 11.7 Å². The molecule has 0 unspecified atom stereocenters. The Morgan fingerprint density at radius 3 is 2.51 bits per heavy atom. The number of halogens is 1. The number of ether oxygens (including phenoxy) is 1. The fourth-order valence-electron chi connectivity index (χ4n) is 10.5. The van der Waals surface area contributed by atoms with Crippen molar-refractivity contribution in [3.8, 4) is 11.8 Å². The lowest BCUT2D eigenvalue weighted by atomic mass is 9.44. The molecule has 1 aromatic rings. The van der Waals surface area contributed by atoms with E-state index in [0.717, 1.165) is 58.4 Å². The number of rotatable bonds is 5. The number of epoxide rings is 1. The molecular formula is C35H49ClO. The van der Waals surface area contributed by atoms with Gasteiger partial charge in [-0.15, -0.1) is 0 Å². The second kappa shape index (κ2) is 9.59. The molecule has 1 heterocycles. The third-order valence-corrected chi connectivity index (χ3v) is 12.9. The summed E-state index contributed by atoms with van der Waals surface area (Å²) in [4.78, 5) is 0. The Hall–Kier alpha value is -0.970. The Balaban J connectivity index is 1.15. The Morgan fingerprint density at radius 2 is 1.73 bits per heavy atom. The zero-order valence-electron chi connectivity index (χ0n) is 24.0. The second-order valence-electron chi connectivity index (χ2n) is 14.8. The minimum atomic E-state index is -0.205. The van der Waals surface area contributed by atoms with Crippen molar-refractivity contribution in [3.05, 3.63) is 34.9 Å². The van der Waals surface area contributed by atoms with Crippen LogP contribution in [-0.2, 0) is 4.74 Å². The van der Waals surface area contributed by atoms with Crippen molar-refractivity contribution in [1.82, 2.24) is 0 Å². The van der Waals surface area contributed by atoms with E-state index in [4.69, 9.17) is 16.3 Å². The molecular weight excluding hydrogens is 472 g/mol. The summed E-state index contributed by atoms with van der Waals surface area (Å²) in [6.45, 7) is 12.7. The van der Waals surface area contributed by atoms with Crippen LogP contribution in [0.5, 0.6) is 0 Å². The molecule has 4 saturated carbocycles. The lowest BCUT2D eigenvalue weighted by Gasteiger charge is -2.60. The summed E-state index contributed by atoms with van der Waals surface area (Å²) in [6.07, 6.45) is 15.6. The van der Waals surface area contributed by atoms with Gasteiger partial charge in [-0.1, -0.05) is 89.5 Å². The highest BCUT2D eigenvalue weighted by Crippen LogP contribution is 2.71. The van der Waals surface area contributed by atoms with E-state index in [1.54, 1.807) is 0 Å². The monoisotopic (exact) mass is 520 g/mol. The number of hydrogen-bond acceptors (Lipinski definition) is 1. The van der Waals surface area contributed by atoms with Crippen LogP contribution in [0.4, 0.5) is 0 Å². The van der Waals surface area contributed by atoms with Gasteiger partial charge in [-0.3, -0.25) is 0 Å². The van der Waals surface area contributed by atoms with Crippen molar-refractivity contribution < 1.29 is 4.74 Å². The van der Waals surface area contributed by atoms with Crippen molar-refractivity contribution in [1.29, 1.82) is 0 Å². The average Bonchev–Trinajstić information content (AvgIpc) is 3.41. The molecule has 202 valence electrons. The van der Waals surface area contributed by atoms with E-state index in [0.29, 0.717) is 16.9 Å². The summed E-state index contributed by atoms with van der Waals surface area (Å²) in [5, 5.41) is 0.749. The van der Waals surface area contributed by atoms with Gasteiger partial charge in [0.25, 0.3) is 0 Å². The molecule has 1 saturated heterocycles. The zero-order chi connectivity index (χ0) is 26.0. The molecule has 0 spiro atoms. The lowest BCUT2D eigenvalue weighted by molar-refractivity contribution is -0.112. The molecule has 5 fully saturated rings. The fraction of sp³-hybridized carbons (Fsp3) is 0.771. The fourth-order valence-corrected chi connectivity index (χ4v) is 10.7. The largest absolute Gasteiger partial charge is 0.352 e. The highest BCUT2D eigenvalue weighted by Gasteiger charge is 2.68. The van der Waals surface area contributed by atoms with E-state index in [-0.39, 0.29) is 5.60 Å². The first-order chi connectivity index (χ1) is 17.7. The van der Waals surface area contributed by atoms with Gasteiger partial charge in [-0.05, 0) is 116 Å². The molecule has 5 aliphatic rings. The predicted molar refractivity (Wildman–Crippen MR) is 154 cm³/mol. The number of benzene rings is 1. The van der Waals surface area contributed by atoms with Crippen molar-refractivity contribution in [2.45, 2.75) is 117 Å². The van der Waals surface area contributed by atoms with Crippen molar-refractivity contribution in [2.75, 3.05) is 0 Å². The molecule has 10 atom stereocenters. The minimum Gasteiger partial charge on any atom is -0.352 e. The minimum absolute atomic E-state index is 0.205. The van der Waals surface area contributed by atoms with Gasteiger partial charge in [0.2, 0.25) is 0 Å². The maximum absolute atomic E-state index is 6.46. The normalized spacial score (nSPS) is 44.6. The summed E-state index contributed by atoms with van der Waals surface area (Å²) in [5.74, 6) is 13.2. The Morgan fingerprint density at radius 1 is 0.946 bits per heavy atom. The Bertz CT molecular complexity index is 1070. The zero-order valence-corrected chi connectivity index (χ0v) is 24.7. The van der Waals surface area contributed by atoms with Gasteiger partial charge in [0.05, 0.1) is 5.02 Å². The Kier molecular flexibility index (Phi) is 6.81. The van der Waals surface area contributed by atoms with Gasteiger partial charge in [0.15, 0.2) is 5.60 Å². The molecule has 0 amide bonds. The summed E-state index contributed by atoms with van der Waals surface area (Å²) >= 11 is 6.39. The van der Waals surface area contributed by atoms with E-state index in [2.05, 4.69) is 46.5 Å². The molecule has 1 aromatic carbocycles. The first-order valence-electron chi connectivity index (χ1n) is 15.6. The first-order valence-corrected chi connectivity index (χ1v) is 16.0. The summed E-state index contributed by atoms with van der Waals surface area (Å²) in [7, 11) is 0. The molecule has 37 heavy (non-hydrogen) atoms. The van der Waals surface area contributed by atoms with Gasteiger partial charge in [-0.25, -0.2) is 0 Å². The highest BCUT2D eigenvalue weighted by atomic mass is 35.5. The standard InChI is InChI=1S/C35H49ClO/c1-23(2)9-8-10-24(3)28-15-16-29-27-14-13-26-21-35(20-17-25-11-6-7-12-31(25)36)32(37-35)22-34(26,5)30(27)18-19-33(28,29)4/h6-7,11-12,23-24,26-30,32H,8-10,13-16,18-19,21-22H2,1-5H3/t24-,26-,27-,28+,29-,30+,32+,33-,34+,35+/m1/s1. The van der Waals surface area contributed by atoms with Crippen LogP contribution in [0.2, 0.25) is 5.02 Å². The first kappa shape index (κ1) is 26.3. The quantitative estimate of drug-likeness (QED) is 0.278. The summed E-state index contributed by atoms with van der Waals surface area (Å²) in [5.41, 5.74) is 1.74. The van der Waals surface area contributed by atoms with Gasteiger partial charge in [0.1, 0.15) is 6.10 Å². The molecule has 6 rings (SSSR count). The van der Waals surface area contributed by atoms with Crippen LogP contribution in [0.15, 0.2) is 24.3 Å². The van der Waals surface area contributed by atoms with Crippen LogP contribution < -0.4 is 0 Å². The van der Waals surface area contributed by atoms with E-state index < -0.39 is 0 Å². The van der Waals surface area contributed by atoms with E-state index >= 15 is 0 Å². The topological polar surface area (TPSA) is 12.5 Å². The molecule has 2 heteroatoms. The highest BCUT2D eigenvalue weighted by molar-refractivity contribution is 6.31. The van der Waals surface area contributed by atoms with Crippen molar-refractivity contribution in [3.63, 3.8) is 0 Å². The van der Waals surface area contributed by atoms with Crippen molar-refractivity contribution in [2.24, 2.45) is 52.3 Å². The van der Waals surface area contributed by atoms with Crippen LogP contribution >= 0.6 is 11.6 Å². The van der Waals surface area contributed by atoms with Crippen LogP contribution in [0.3, 0.4) is 0 Å². The maximum atomic E-state index is 6.46. The molecule has 0 radical (unpaired) electrons. The third kappa shape index (κ3) is 4.42. The van der Waals surface area contributed by atoms with Gasteiger partial charge < -0.3 is 4.74 Å². The van der Waals surface area contributed by atoms with Gasteiger partial charge >= 0.3 is 0 Å². The summed E-state index contributed by atoms with van der Waals surface area (Å²) < 4.78 is 6.46. The number of hydrogen-bond donors (Lipinski definition) is 0. The smallest absolute Gasteiger partial charge is 0.155 e. The maximum Gasteiger partial charge on any atom is 0.155 e. The number of fused-ring (bicyclic) bond motifs is 6. The molecule has 0 bridgehead atoms. The summed E-state index contributed by atoms with van der Waals surface area (Å²) in [6, 6.07) is 7.96. The average molecular weight is 521 g/mol. The van der Waals surface area contributed by atoms with Crippen molar-refractivity contribution >= 4 is 11.6 Å². The van der Waals surface area contributed by atoms with Gasteiger partial charge in [0, 0.05) is 5.56 Å². The Labute approximate surface area is 231 Å². The van der Waals surface area contributed by atoms with Crippen LogP contribution in [0.25, 0.3) is 0 Å². The van der Waals surface area contributed by atoms with Crippen LogP contribution in [0.1, 0.15) is 111 Å². The molecule has 1 nitrogen and oxygen atoms in total. The predicted octanol–water partition coefficient (Wildman–Crippen LogP) is 9.56. The van der Waals surface area contributed by atoms with Gasteiger partial charge in [-0.2, -0.15) is 0 Å². The molecule has 0 aromatic heterocycles. The molecule has 0 N–H and O–H groups in total. The van der Waals surface area contributed by atoms with E-state index in [9.17, 15) is 0 Å².